The standard InChI is InChI=1S/C12H22N2OS/c1-16-12(6-2-3-7-12)9-14-11(15)10-5-4-8-13-10/h10,13H,2-9H2,1H3,(H,14,15). The summed E-state index contributed by atoms with van der Waals surface area (Å²) in [7, 11) is 0. The third kappa shape index (κ3) is 2.72. The highest BCUT2D eigenvalue weighted by atomic mass is 32.2. The highest BCUT2D eigenvalue weighted by molar-refractivity contribution is 8.00. The molecule has 0 radical (unpaired) electrons. The fourth-order valence-electron chi connectivity index (χ4n) is 2.75. The van der Waals surface area contributed by atoms with Crippen LogP contribution in [0.2, 0.25) is 0 Å². The second-order valence-electron chi connectivity index (χ2n) is 4.96. The summed E-state index contributed by atoms with van der Waals surface area (Å²) in [5.74, 6) is 0.206. The first kappa shape index (κ1) is 12.2. The van der Waals surface area contributed by atoms with Gasteiger partial charge in [-0.2, -0.15) is 11.8 Å². The molecule has 0 aromatic rings. The van der Waals surface area contributed by atoms with Gasteiger partial charge < -0.3 is 10.6 Å². The molecule has 0 bridgehead atoms. The van der Waals surface area contributed by atoms with E-state index in [9.17, 15) is 4.79 Å². The molecular weight excluding hydrogens is 220 g/mol. The van der Waals surface area contributed by atoms with Crippen molar-refractivity contribution in [2.24, 2.45) is 0 Å². The summed E-state index contributed by atoms with van der Waals surface area (Å²) in [6.07, 6.45) is 9.45. The first-order chi connectivity index (χ1) is 7.76. The average molecular weight is 242 g/mol. The third-order valence-electron chi connectivity index (χ3n) is 3.91. The minimum absolute atomic E-state index is 0.0697. The third-order valence-corrected chi connectivity index (χ3v) is 5.33. The van der Waals surface area contributed by atoms with Crippen molar-refractivity contribution in [3.8, 4) is 0 Å². The molecule has 2 rings (SSSR count). The van der Waals surface area contributed by atoms with Gasteiger partial charge in [0.1, 0.15) is 0 Å². The SMILES string of the molecule is CSC1(CNC(=O)C2CCCN2)CCCC1. The van der Waals surface area contributed by atoms with Crippen LogP contribution in [0.25, 0.3) is 0 Å². The van der Waals surface area contributed by atoms with Crippen molar-refractivity contribution in [2.75, 3.05) is 19.3 Å². The van der Waals surface area contributed by atoms with Crippen LogP contribution in [0.3, 0.4) is 0 Å². The Bertz CT molecular complexity index is 245. The van der Waals surface area contributed by atoms with Crippen LogP contribution >= 0.6 is 11.8 Å². The molecule has 2 fully saturated rings. The quantitative estimate of drug-likeness (QED) is 0.785. The van der Waals surface area contributed by atoms with Crippen molar-refractivity contribution < 1.29 is 4.79 Å². The van der Waals surface area contributed by atoms with E-state index in [0.29, 0.717) is 4.75 Å². The molecule has 4 heteroatoms. The zero-order chi connectivity index (χ0) is 11.4. The van der Waals surface area contributed by atoms with Crippen molar-refractivity contribution >= 4 is 17.7 Å². The molecule has 3 nitrogen and oxygen atoms in total. The minimum Gasteiger partial charge on any atom is -0.353 e. The normalized spacial score (nSPS) is 28.2. The molecule has 1 aliphatic carbocycles. The van der Waals surface area contributed by atoms with Crippen LogP contribution in [0.4, 0.5) is 0 Å². The molecule has 2 N–H and O–H groups in total. The van der Waals surface area contributed by atoms with Crippen LogP contribution in [-0.4, -0.2) is 36.0 Å². The van der Waals surface area contributed by atoms with E-state index in [-0.39, 0.29) is 11.9 Å². The second-order valence-corrected chi connectivity index (χ2v) is 6.24. The molecule has 1 aliphatic heterocycles. The van der Waals surface area contributed by atoms with Gasteiger partial charge in [-0.15, -0.1) is 0 Å². The number of carbonyl (C=O) groups excluding carboxylic acids is 1. The summed E-state index contributed by atoms with van der Waals surface area (Å²) in [6, 6.07) is 0.0697. The maximum Gasteiger partial charge on any atom is 0.237 e. The summed E-state index contributed by atoms with van der Waals surface area (Å²) in [5, 5.41) is 6.38. The van der Waals surface area contributed by atoms with Gasteiger partial charge in [-0.3, -0.25) is 4.79 Å². The summed E-state index contributed by atoms with van der Waals surface area (Å²) < 4.78 is 0.328. The molecule has 0 aromatic heterocycles. The van der Waals surface area contributed by atoms with Gasteiger partial charge >= 0.3 is 0 Å². The average Bonchev–Trinajstić information content (AvgIpc) is 2.98. The first-order valence-electron chi connectivity index (χ1n) is 6.32. The van der Waals surface area contributed by atoms with Crippen molar-refractivity contribution in [2.45, 2.75) is 49.3 Å². The van der Waals surface area contributed by atoms with E-state index in [4.69, 9.17) is 0 Å². The Morgan fingerprint density at radius 2 is 2.19 bits per heavy atom. The second kappa shape index (κ2) is 5.41. The maximum atomic E-state index is 11.9. The largest absolute Gasteiger partial charge is 0.353 e. The van der Waals surface area contributed by atoms with Crippen LogP contribution in [0.5, 0.6) is 0 Å². The van der Waals surface area contributed by atoms with Gasteiger partial charge in [0.15, 0.2) is 0 Å². The van der Waals surface area contributed by atoms with E-state index in [0.717, 1.165) is 25.9 Å². The molecule has 1 saturated heterocycles. The highest BCUT2D eigenvalue weighted by Gasteiger charge is 2.34. The monoisotopic (exact) mass is 242 g/mol. The zero-order valence-corrected chi connectivity index (χ0v) is 10.9. The molecule has 92 valence electrons. The topological polar surface area (TPSA) is 41.1 Å². The Hall–Kier alpha value is -0.220. The van der Waals surface area contributed by atoms with E-state index >= 15 is 0 Å². The Labute approximate surface area is 102 Å². The lowest BCUT2D eigenvalue weighted by Gasteiger charge is -2.27. The van der Waals surface area contributed by atoms with E-state index in [1.165, 1.54) is 25.7 Å². The Balaban J connectivity index is 1.79. The number of hydrogen-bond acceptors (Lipinski definition) is 3. The van der Waals surface area contributed by atoms with Gasteiger partial charge in [0.05, 0.1) is 6.04 Å². The summed E-state index contributed by atoms with van der Waals surface area (Å²) in [6.45, 7) is 1.84. The van der Waals surface area contributed by atoms with Gasteiger partial charge in [-0.1, -0.05) is 12.8 Å². The van der Waals surface area contributed by atoms with Gasteiger partial charge in [0.2, 0.25) is 5.91 Å². The van der Waals surface area contributed by atoms with Crippen LogP contribution in [0.1, 0.15) is 38.5 Å². The predicted octanol–water partition coefficient (Wildman–Crippen LogP) is 1.53. The summed E-state index contributed by atoms with van der Waals surface area (Å²) in [4.78, 5) is 11.9. The van der Waals surface area contributed by atoms with Crippen molar-refractivity contribution in [1.82, 2.24) is 10.6 Å². The fraction of sp³-hybridized carbons (Fsp3) is 0.917. The highest BCUT2D eigenvalue weighted by Crippen LogP contribution is 2.39. The lowest BCUT2D eigenvalue weighted by Crippen LogP contribution is -2.45. The lowest BCUT2D eigenvalue weighted by molar-refractivity contribution is -0.122. The molecule has 1 amide bonds. The Kier molecular flexibility index (Phi) is 4.14. The Morgan fingerprint density at radius 3 is 2.75 bits per heavy atom. The van der Waals surface area contributed by atoms with Crippen molar-refractivity contribution in [1.29, 1.82) is 0 Å². The van der Waals surface area contributed by atoms with E-state index in [1.54, 1.807) is 0 Å². The van der Waals surface area contributed by atoms with Crippen LogP contribution in [0.15, 0.2) is 0 Å². The predicted molar refractivity (Wildman–Crippen MR) is 68.7 cm³/mol. The van der Waals surface area contributed by atoms with Crippen LogP contribution < -0.4 is 10.6 Å². The van der Waals surface area contributed by atoms with E-state index in [2.05, 4.69) is 16.9 Å². The van der Waals surface area contributed by atoms with Crippen LogP contribution in [-0.2, 0) is 4.79 Å². The van der Waals surface area contributed by atoms with Crippen molar-refractivity contribution in [3.63, 3.8) is 0 Å². The first-order valence-corrected chi connectivity index (χ1v) is 7.54. The number of rotatable bonds is 4. The molecule has 2 aliphatic rings. The van der Waals surface area contributed by atoms with Crippen LogP contribution in [0, 0.1) is 0 Å². The number of nitrogens with one attached hydrogen (secondary N) is 2. The van der Waals surface area contributed by atoms with E-state index < -0.39 is 0 Å². The molecule has 1 atom stereocenters. The smallest absolute Gasteiger partial charge is 0.237 e. The zero-order valence-electron chi connectivity index (χ0n) is 10.1. The minimum atomic E-state index is 0.0697. The van der Waals surface area contributed by atoms with Gasteiger partial charge in [-0.25, -0.2) is 0 Å². The fourth-order valence-corrected chi connectivity index (χ4v) is 3.67. The van der Waals surface area contributed by atoms with Gasteiger partial charge in [0, 0.05) is 11.3 Å². The molecule has 1 heterocycles. The lowest BCUT2D eigenvalue weighted by atomic mass is 10.1. The molecular formula is C12H22N2OS. The molecule has 16 heavy (non-hydrogen) atoms. The summed E-state index contributed by atoms with van der Waals surface area (Å²) >= 11 is 1.93. The molecule has 0 aromatic carbocycles. The number of hydrogen-bond donors (Lipinski definition) is 2. The number of carbonyl (C=O) groups is 1. The Morgan fingerprint density at radius 1 is 1.44 bits per heavy atom. The number of thioether (sulfide) groups is 1. The molecule has 0 spiro atoms. The van der Waals surface area contributed by atoms with Crippen molar-refractivity contribution in [3.05, 3.63) is 0 Å². The van der Waals surface area contributed by atoms with Gasteiger partial charge in [0.25, 0.3) is 0 Å². The molecule has 1 saturated carbocycles. The van der Waals surface area contributed by atoms with Gasteiger partial charge in [-0.05, 0) is 38.5 Å². The maximum absolute atomic E-state index is 11.9. The molecule has 1 unspecified atom stereocenters. The number of amides is 1. The summed E-state index contributed by atoms with van der Waals surface area (Å²) in [5.41, 5.74) is 0. The van der Waals surface area contributed by atoms with E-state index in [1.807, 2.05) is 11.8 Å².